The maximum absolute atomic E-state index is 6.25. The molecule has 0 saturated heterocycles. The topological polar surface area (TPSA) is 12.0 Å². The molecule has 0 fully saturated rings. The maximum Gasteiger partial charge on any atom is 0.0555 e. The van der Waals surface area contributed by atoms with E-state index in [0.717, 1.165) is 29.1 Å². The molecule has 1 unspecified atom stereocenters. The van der Waals surface area contributed by atoms with E-state index in [1.54, 1.807) is 0 Å². The molecular formula is C16H15Cl2N. The second kappa shape index (κ2) is 5.07. The average molecular weight is 292 g/mol. The van der Waals surface area contributed by atoms with Crippen LogP contribution in [0, 0.1) is 0 Å². The standard InChI is InChI=1S/C16H15Cl2N/c1-2-10-3-5-11(6-4-10)15-9-13-14(18)7-12(17)8-16(13)19-15/h3-8,15,19H,2,9H2,1H3. The lowest BCUT2D eigenvalue weighted by molar-refractivity contribution is 0.823. The lowest BCUT2D eigenvalue weighted by atomic mass is 10.0. The van der Waals surface area contributed by atoms with Gasteiger partial charge in [-0.05, 0) is 35.2 Å². The second-order valence-corrected chi connectivity index (χ2v) is 5.75. The van der Waals surface area contributed by atoms with Gasteiger partial charge in [0, 0.05) is 22.2 Å². The number of anilines is 1. The third kappa shape index (κ3) is 2.45. The molecule has 2 aromatic rings. The van der Waals surface area contributed by atoms with Crippen LogP contribution < -0.4 is 5.32 Å². The highest BCUT2D eigenvalue weighted by molar-refractivity contribution is 6.35. The Morgan fingerprint density at radius 1 is 1.16 bits per heavy atom. The van der Waals surface area contributed by atoms with Gasteiger partial charge in [-0.15, -0.1) is 0 Å². The van der Waals surface area contributed by atoms with Crippen molar-refractivity contribution in [3.05, 3.63) is 63.1 Å². The molecule has 0 aromatic heterocycles. The van der Waals surface area contributed by atoms with Gasteiger partial charge in [0.2, 0.25) is 0 Å². The highest BCUT2D eigenvalue weighted by Gasteiger charge is 2.24. The number of fused-ring (bicyclic) bond motifs is 1. The molecule has 98 valence electrons. The number of hydrogen-bond acceptors (Lipinski definition) is 1. The van der Waals surface area contributed by atoms with Gasteiger partial charge in [0.1, 0.15) is 0 Å². The number of rotatable bonds is 2. The van der Waals surface area contributed by atoms with Crippen LogP contribution in [0.3, 0.4) is 0 Å². The Morgan fingerprint density at radius 3 is 2.58 bits per heavy atom. The molecule has 0 aliphatic carbocycles. The summed E-state index contributed by atoms with van der Waals surface area (Å²) in [5.74, 6) is 0. The van der Waals surface area contributed by atoms with Crippen molar-refractivity contribution >= 4 is 28.9 Å². The quantitative estimate of drug-likeness (QED) is 0.795. The van der Waals surface area contributed by atoms with Gasteiger partial charge in [-0.3, -0.25) is 0 Å². The summed E-state index contributed by atoms with van der Waals surface area (Å²) in [7, 11) is 0. The Bertz CT molecular complexity index is 605. The minimum absolute atomic E-state index is 0.289. The first-order valence-electron chi connectivity index (χ1n) is 6.50. The van der Waals surface area contributed by atoms with Gasteiger partial charge in [-0.1, -0.05) is 54.4 Å². The third-order valence-corrected chi connectivity index (χ3v) is 4.24. The van der Waals surface area contributed by atoms with Crippen LogP contribution in [0.15, 0.2) is 36.4 Å². The summed E-state index contributed by atoms with van der Waals surface area (Å²) in [5.41, 5.74) is 4.87. The van der Waals surface area contributed by atoms with E-state index < -0.39 is 0 Å². The van der Waals surface area contributed by atoms with Crippen LogP contribution >= 0.6 is 23.2 Å². The number of hydrogen-bond donors (Lipinski definition) is 1. The maximum atomic E-state index is 6.25. The fourth-order valence-electron chi connectivity index (χ4n) is 2.57. The first-order valence-corrected chi connectivity index (χ1v) is 7.26. The summed E-state index contributed by atoms with van der Waals surface area (Å²) < 4.78 is 0. The Balaban J connectivity index is 1.88. The number of halogens is 2. The van der Waals surface area contributed by atoms with Crippen molar-refractivity contribution in [2.24, 2.45) is 0 Å². The van der Waals surface area contributed by atoms with Crippen LogP contribution in [0.2, 0.25) is 10.0 Å². The Labute approximate surface area is 123 Å². The molecule has 19 heavy (non-hydrogen) atoms. The van der Waals surface area contributed by atoms with Crippen LogP contribution in [0.1, 0.15) is 29.7 Å². The second-order valence-electron chi connectivity index (χ2n) is 4.91. The molecule has 0 amide bonds. The van der Waals surface area contributed by atoms with Gasteiger partial charge in [0.15, 0.2) is 0 Å². The predicted molar refractivity (Wildman–Crippen MR) is 82.3 cm³/mol. The summed E-state index contributed by atoms with van der Waals surface area (Å²) in [6.45, 7) is 2.17. The van der Waals surface area contributed by atoms with Crippen molar-refractivity contribution in [2.45, 2.75) is 25.8 Å². The van der Waals surface area contributed by atoms with E-state index in [0.29, 0.717) is 5.02 Å². The van der Waals surface area contributed by atoms with E-state index in [1.165, 1.54) is 11.1 Å². The normalized spacial score (nSPS) is 17.1. The number of benzene rings is 2. The first kappa shape index (κ1) is 12.8. The van der Waals surface area contributed by atoms with Gasteiger partial charge in [0.05, 0.1) is 6.04 Å². The molecule has 1 aliphatic heterocycles. The Hall–Kier alpha value is -1.18. The summed E-state index contributed by atoms with van der Waals surface area (Å²) in [6, 6.07) is 12.8. The van der Waals surface area contributed by atoms with E-state index in [1.807, 2.05) is 12.1 Å². The Kier molecular flexibility index (Phi) is 3.42. The molecular weight excluding hydrogens is 277 g/mol. The van der Waals surface area contributed by atoms with Gasteiger partial charge in [-0.25, -0.2) is 0 Å². The minimum atomic E-state index is 0.289. The molecule has 1 heterocycles. The fraction of sp³-hybridized carbons (Fsp3) is 0.250. The molecule has 0 bridgehead atoms. The Morgan fingerprint density at radius 2 is 1.89 bits per heavy atom. The molecule has 1 nitrogen and oxygen atoms in total. The van der Waals surface area contributed by atoms with Gasteiger partial charge in [-0.2, -0.15) is 0 Å². The molecule has 3 heteroatoms. The summed E-state index contributed by atoms with van der Waals surface area (Å²) in [6.07, 6.45) is 1.98. The monoisotopic (exact) mass is 291 g/mol. The SMILES string of the molecule is CCc1ccc(C2Cc3c(Cl)cc(Cl)cc3N2)cc1. The molecule has 3 rings (SSSR count). The van der Waals surface area contributed by atoms with E-state index in [4.69, 9.17) is 23.2 Å². The molecule has 2 aromatic carbocycles. The van der Waals surface area contributed by atoms with Gasteiger partial charge in [0.25, 0.3) is 0 Å². The van der Waals surface area contributed by atoms with Crippen molar-refractivity contribution in [1.29, 1.82) is 0 Å². The van der Waals surface area contributed by atoms with Crippen molar-refractivity contribution in [1.82, 2.24) is 0 Å². The number of nitrogens with one attached hydrogen (secondary N) is 1. The van der Waals surface area contributed by atoms with E-state index >= 15 is 0 Å². The van der Waals surface area contributed by atoms with Crippen molar-refractivity contribution in [3.63, 3.8) is 0 Å². The third-order valence-electron chi connectivity index (χ3n) is 3.69. The van der Waals surface area contributed by atoms with Crippen molar-refractivity contribution < 1.29 is 0 Å². The number of aryl methyl sites for hydroxylation is 1. The zero-order chi connectivity index (χ0) is 13.4. The molecule has 0 saturated carbocycles. The zero-order valence-corrected chi connectivity index (χ0v) is 12.2. The predicted octanol–water partition coefficient (Wildman–Crippen LogP) is 5.27. The smallest absolute Gasteiger partial charge is 0.0555 e. The zero-order valence-electron chi connectivity index (χ0n) is 10.7. The van der Waals surface area contributed by atoms with Crippen molar-refractivity contribution in [2.75, 3.05) is 5.32 Å². The van der Waals surface area contributed by atoms with Crippen LogP contribution in [0.5, 0.6) is 0 Å². The molecule has 1 N–H and O–H groups in total. The molecule has 1 aliphatic rings. The van der Waals surface area contributed by atoms with Gasteiger partial charge < -0.3 is 5.32 Å². The highest BCUT2D eigenvalue weighted by Crippen LogP contribution is 2.40. The molecule has 0 radical (unpaired) electrons. The highest BCUT2D eigenvalue weighted by atomic mass is 35.5. The van der Waals surface area contributed by atoms with E-state index in [-0.39, 0.29) is 6.04 Å². The average Bonchev–Trinajstić information content (AvgIpc) is 2.83. The van der Waals surface area contributed by atoms with E-state index in [2.05, 4.69) is 36.5 Å². The van der Waals surface area contributed by atoms with Crippen LogP contribution in [-0.4, -0.2) is 0 Å². The van der Waals surface area contributed by atoms with E-state index in [9.17, 15) is 0 Å². The first-order chi connectivity index (χ1) is 9.17. The van der Waals surface area contributed by atoms with Crippen LogP contribution in [0.4, 0.5) is 5.69 Å². The summed E-state index contributed by atoms with van der Waals surface area (Å²) in [5, 5.41) is 4.93. The van der Waals surface area contributed by atoms with Crippen LogP contribution in [-0.2, 0) is 12.8 Å². The largest absolute Gasteiger partial charge is 0.378 e. The van der Waals surface area contributed by atoms with Crippen molar-refractivity contribution in [3.8, 4) is 0 Å². The summed E-state index contributed by atoms with van der Waals surface area (Å²) in [4.78, 5) is 0. The minimum Gasteiger partial charge on any atom is -0.378 e. The molecule has 1 atom stereocenters. The molecule has 0 spiro atoms. The summed E-state index contributed by atoms with van der Waals surface area (Å²) >= 11 is 12.3. The van der Waals surface area contributed by atoms with Gasteiger partial charge >= 0.3 is 0 Å². The van der Waals surface area contributed by atoms with Crippen LogP contribution in [0.25, 0.3) is 0 Å². The lowest BCUT2D eigenvalue weighted by Crippen LogP contribution is -2.05. The lowest BCUT2D eigenvalue weighted by Gasteiger charge is -2.12. The fourth-order valence-corrected chi connectivity index (χ4v) is 3.14.